The molecule has 0 atom stereocenters. The lowest BCUT2D eigenvalue weighted by atomic mass is 10.2. The van der Waals surface area contributed by atoms with Gasteiger partial charge in [-0.05, 0) is 27.2 Å². The number of hydrogen-bond acceptors (Lipinski definition) is 5. The number of nitrogens with zero attached hydrogens (tertiary/aromatic N) is 2. The molecule has 0 radical (unpaired) electrons. The first kappa shape index (κ1) is 15.9. The van der Waals surface area contributed by atoms with Gasteiger partial charge in [0.1, 0.15) is 11.7 Å². The van der Waals surface area contributed by atoms with Crippen LogP contribution in [0.5, 0.6) is 0 Å². The number of rotatable bonds is 1. The van der Waals surface area contributed by atoms with Crippen LogP contribution < -0.4 is 0 Å². The maximum absolute atomic E-state index is 12.0. The van der Waals surface area contributed by atoms with Crippen molar-refractivity contribution in [2.75, 3.05) is 39.4 Å². The lowest BCUT2D eigenvalue weighted by molar-refractivity contribution is -0.0436. The molecule has 7 nitrogen and oxygen atoms in total. The first-order chi connectivity index (χ1) is 9.85. The van der Waals surface area contributed by atoms with Crippen molar-refractivity contribution in [2.45, 2.75) is 38.9 Å². The van der Waals surface area contributed by atoms with Gasteiger partial charge in [0.25, 0.3) is 0 Å². The molecule has 0 aromatic rings. The van der Waals surface area contributed by atoms with Crippen molar-refractivity contribution in [3.05, 3.63) is 0 Å². The zero-order valence-corrected chi connectivity index (χ0v) is 13.0. The fourth-order valence-corrected chi connectivity index (χ4v) is 2.13. The van der Waals surface area contributed by atoms with E-state index in [-0.39, 0.29) is 18.3 Å². The zero-order chi connectivity index (χ0) is 15.5. The molecule has 0 aromatic carbocycles. The third kappa shape index (κ3) is 4.77. The monoisotopic (exact) mass is 300 g/mol. The largest absolute Gasteiger partial charge is 0.444 e. The van der Waals surface area contributed by atoms with Crippen molar-refractivity contribution < 1.29 is 23.8 Å². The van der Waals surface area contributed by atoms with Crippen LogP contribution in [0.15, 0.2) is 0 Å². The van der Waals surface area contributed by atoms with Crippen LogP contribution in [-0.2, 0) is 14.2 Å². The van der Waals surface area contributed by atoms with Crippen LogP contribution in [0, 0.1) is 0 Å². The van der Waals surface area contributed by atoms with E-state index in [1.807, 2.05) is 20.8 Å². The maximum Gasteiger partial charge on any atom is 0.410 e. The smallest absolute Gasteiger partial charge is 0.410 e. The Labute approximate surface area is 125 Å². The second kappa shape index (κ2) is 6.51. The predicted octanol–water partition coefficient (Wildman–Crippen LogP) is 1.46. The summed E-state index contributed by atoms with van der Waals surface area (Å²) >= 11 is 0. The van der Waals surface area contributed by atoms with Gasteiger partial charge >= 0.3 is 12.2 Å². The molecule has 2 aliphatic heterocycles. The highest BCUT2D eigenvalue weighted by molar-refractivity contribution is 5.71. The predicted molar refractivity (Wildman–Crippen MR) is 75.1 cm³/mol. The lowest BCUT2D eigenvalue weighted by Gasteiger charge is -2.39. The molecule has 2 amide bonds. The van der Waals surface area contributed by atoms with E-state index < -0.39 is 5.60 Å². The summed E-state index contributed by atoms with van der Waals surface area (Å²) < 4.78 is 15.9. The van der Waals surface area contributed by atoms with Crippen molar-refractivity contribution >= 4 is 12.2 Å². The van der Waals surface area contributed by atoms with Gasteiger partial charge in [0.15, 0.2) is 0 Å². The Bertz CT molecular complexity index is 379. The summed E-state index contributed by atoms with van der Waals surface area (Å²) in [4.78, 5) is 26.9. The van der Waals surface area contributed by atoms with Crippen LogP contribution in [0.2, 0.25) is 0 Å². The molecular formula is C14H24N2O5. The van der Waals surface area contributed by atoms with E-state index in [1.54, 1.807) is 4.90 Å². The Hall–Kier alpha value is -1.50. The maximum atomic E-state index is 12.0. The number of likely N-dealkylation sites (tertiary alicyclic amines) is 1. The van der Waals surface area contributed by atoms with E-state index in [0.717, 1.165) is 6.42 Å². The number of hydrogen-bond donors (Lipinski definition) is 0. The third-order valence-corrected chi connectivity index (χ3v) is 3.25. The highest BCUT2D eigenvalue weighted by atomic mass is 16.6. The standard InChI is InChI=1S/C14H24N2O5/c1-14(2,3)21-13(18)16-9-11(10-16)20-12(17)15-5-4-7-19-8-6-15/h11H,4-10H2,1-3H3. The first-order valence-electron chi connectivity index (χ1n) is 7.36. The van der Waals surface area contributed by atoms with E-state index >= 15 is 0 Å². The van der Waals surface area contributed by atoms with E-state index in [1.165, 1.54) is 4.90 Å². The fraction of sp³-hybridized carbons (Fsp3) is 0.857. The van der Waals surface area contributed by atoms with Gasteiger partial charge in [-0.1, -0.05) is 0 Å². The molecule has 2 aliphatic rings. The third-order valence-electron chi connectivity index (χ3n) is 3.25. The summed E-state index contributed by atoms with van der Waals surface area (Å²) in [6.45, 7) is 8.69. The highest BCUT2D eigenvalue weighted by Gasteiger charge is 2.36. The van der Waals surface area contributed by atoms with E-state index in [0.29, 0.717) is 39.4 Å². The van der Waals surface area contributed by atoms with Crippen molar-refractivity contribution in [3.8, 4) is 0 Å². The lowest BCUT2D eigenvalue weighted by Crippen LogP contribution is -2.57. The molecule has 0 saturated carbocycles. The average molecular weight is 300 g/mol. The number of ether oxygens (including phenoxy) is 3. The topological polar surface area (TPSA) is 68.3 Å². The molecular weight excluding hydrogens is 276 g/mol. The van der Waals surface area contributed by atoms with Gasteiger partial charge in [-0.25, -0.2) is 9.59 Å². The minimum atomic E-state index is -0.509. The molecule has 0 spiro atoms. The first-order valence-corrected chi connectivity index (χ1v) is 7.36. The molecule has 2 rings (SSSR count). The fourth-order valence-electron chi connectivity index (χ4n) is 2.13. The summed E-state index contributed by atoms with van der Waals surface area (Å²) in [5.74, 6) is 0. The van der Waals surface area contributed by atoms with Crippen LogP contribution in [0.3, 0.4) is 0 Å². The number of amides is 2. The minimum absolute atomic E-state index is 0.241. The molecule has 120 valence electrons. The van der Waals surface area contributed by atoms with Gasteiger partial charge in [0, 0.05) is 19.7 Å². The van der Waals surface area contributed by atoms with Crippen LogP contribution in [-0.4, -0.2) is 73.1 Å². The second-order valence-electron chi connectivity index (χ2n) is 6.34. The summed E-state index contributed by atoms with van der Waals surface area (Å²) in [6, 6.07) is 0. The van der Waals surface area contributed by atoms with Crippen LogP contribution in [0.4, 0.5) is 9.59 Å². The molecule has 0 bridgehead atoms. The van der Waals surface area contributed by atoms with Crippen LogP contribution in [0.1, 0.15) is 27.2 Å². The van der Waals surface area contributed by atoms with Crippen LogP contribution >= 0.6 is 0 Å². The Morgan fingerprint density at radius 3 is 2.43 bits per heavy atom. The summed E-state index contributed by atoms with van der Waals surface area (Å²) in [7, 11) is 0. The molecule has 2 fully saturated rings. The number of carbonyl (C=O) groups is 2. The van der Waals surface area contributed by atoms with Gasteiger partial charge in [-0.15, -0.1) is 0 Å². The minimum Gasteiger partial charge on any atom is -0.444 e. The van der Waals surface area contributed by atoms with Gasteiger partial charge in [0.2, 0.25) is 0 Å². The molecule has 7 heteroatoms. The van der Waals surface area contributed by atoms with Gasteiger partial charge in [-0.2, -0.15) is 0 Å². The average Bonchev–Trinajstić information content (AvgIpc) is 2.59. The van der Waals surface area contributed by atoms with E-state index in [4.69, 9.17) is 14.2 Å². The van der Waals surface area contributed by atoms with E-state index in [2.05, 4.69) is 0 Å². The Balaban J connectivity index is 1.70. The normalized spacial score (nSPS) is 20.5. The summed E-state index contributed by atoms with van der Waals surface area (Å²) in [6.07, 6.45) is -0.106. The Kier molecular flexibility index (Phi) is 4.92. The molecule has 0 aromatic heterocycles. The molecule has 0 aliphatic carbocycles. The summed E-state index contributed by atoms with van der Waals surface area (Å²) in [5.41, 5.74) is -0.509. The quantitative estimate of drug-likeness (QED) is 0.733. The SMILES string of the molecule is CC(C)(C)OC(=O)N1CC(OC(=O)N2CCCOCC2)C1. The zero-order valence-electron chi connectivity index (χ0n) is 13.0. The highest BCUT2D eigenvalue weighted by Crippen LogP contribution is 2.18. The second-order valence-corrected chi connectivity index (χ2v) is 6.34. The Morgan fingerprint density at radius 2 is 1.76 bits per heavy atom. The van der Waals surface area contributed by atoms with Gasteiger partial charge in [-0.3, -0.25) is 0 Å². The Morgan fingerprint density at radius 1 is 1.05 bits per heavy atom. The van der Waals surface area contributed by atoms with Crippen molar-refractivity contribution in [3.63, 3.8) is 0 Å². The van der Waals surface area contributed by atoms with Gasteiger partial charge in [0.05, 0.1) is 19.7 Å². The van der Waals surface area contributed by atoms with Crippen LogP contribution in [0.25, 0.3) is 0 Å². The van der Waals surface area contributed by atoms with Crippen molar-refractivity contribution in [1.82, 2.24) is 9.80 Å². The molecule has 2 saturated heterocycles. The van der Waals surface area contributed by atoms with Crippen molar-refractivity contribution in [1.29, 1.82) is 0 Å². The summed E-state index contributed by atoms with van der Waals surface area (Å²) in [5, 5.41) is 0. The van der Waals surface area contributed by atoms with Crippen molar-refractivity contribution in [2.24, 2.45) is 0 Å². The molecule has 0 N–H and O–H groups in total. The van der Waals surface area contributed by atoms with E-state index in [9.17, 15) is 9.59 Å². The molecule has 0 unspecified atom stereocenters. The molecule has 21 heavy (non-hydrogen) atoms. The van der Waals surface area contributed by atoms with Gasteiger partial charge < -0.3 is 24.0 Å². The number of carbonyl (C=O) groups excluding carboxylic acids is 2. The molecule has 2 heterocycles.